The van der Waals surface area contributed by atoms with Crippen LogP contribution in [0.4, 0.5) is 5.69 Å². The number of thioether (sulfide) groups is 1. The van der Waals surface area contributed by atoms with Gasteiger partial charge in [0.25, 0.3) is 0 Å². The van der Waals surface area contributed by atoms with Gasteiger partial charge in [0.2, 0.25) is 0 Å². The van der Waals surface area contributed by atoms with Crippen LogP contribution in [-0.2, 0) is 0 Å². The van der Waals surface area contributed by atoms with Crippen LogP contribution in [-0.4, -0.2) is 6.26 Å². The minimum Gasteiger partial charge on any atom is -0.398 e. The maximum atomic E-state index is 8.90. The highest BCUT2D eigenvalue weighted by atomic mass is 32.2. The molecule has 2 nitrogen and oxygen atoms in total. The van der Waals surface area contributed by atoms with Gasteiger partial charge >= 0.3 is 0 Å². The van der Waals surface area contributed by atoms with Crippen molar-refractivity contribution in [1.82, 2.24) is 0 Å². The summed E-state index contributed by atoms with van der Waals surface area (Å²) in [6.45, 7) is 2.07. The van der Waals surface area contributed by atoms with E-state index in [1.54, 1.807) is 17.8 Å². The van der Waals surface area contributed by atoms with Crippen molar-refractivity contribution in [2.24, 2.45) is 0 Å². The molecule has 0 spiro atoms. The van der Waals surface area contributed by atoms with Gasteiger partial charge in [-0.1, -0.05) is 12.1 Å². The Hall–Kier alpha value is -1.14. The summed E-state index contributed by atoms with van der Waals surface area (Å²) < 4.78 is 0. The van der Waals surface area contributed by atoms with E-state index in [1.165, 1.54) is 0 Å². The lowest BCUT2D eigenvalue weighted by atomic mass is 10.0. The van der Waals surface area contributed by atoms with Crippen LogP contribution in [0.1, 0.15) is 23.3 Å². The Kier molecular flexibility index (Phi) is 3.21. The van der Waals surface area contributed by atoms with Crippen LogP contribution in [0.15, 0.2) is 18.2 Å². The molecule has 1 aromatic rings. The Bertz CT molecular complexity index is 341. The third kappa shape index (κ3) is 1.96. The lowest BCUT2D eigenvalue weighted by Crippen LogP contribution is -1.97. The predicted octanol–water partition coefficient (Wildman–Crippen LogP) is 2.56. The lowest BCUT2D eigenvalue weighted by molar-refractivity contribution is 1.09. The van der Waals surface area contributed by atoms with E-state index in [0.29, 0.717) is 16.5 Å². The Morgan fingerprint density at radius 1 is 1.54 bits per heavy atom. The second kappa shape index (κ2) is 4.20. The summed E-state index contributed by atoms with van der Waals surface area (Å²) in [5.41, 5.74) is 7.90. The summed E-state index contributed by atoms with van der Waals surface area (Å²) in [4.78, 5) is 0. The molecule has 0 radical (unpaired) electrons. The number of anilines is 1. The van der Waals surface area contributed by atoms with E-state index < -0.39 is 0 Å². The Balaban J connectivity index is 3.22. The molecule has 1 atom stereocenters. The Labute approximate surface area is 82.7 Å². The first-order chi connectivity index (χ1) is 6.20. The first kappa shape index (κ1) is 9.94. The molecule has 0 amide bonds. The molecule has 0 bridgehead atoms. The second-order valence-corrected chi connectivity index (χ2v) is 3.98. The molecule has 2 N–H and O–H groups in total. The molecule has 13 heavy (non-hydrogen) atoms. The molecular formula is C10H12N2S. The fraction of sp³-hybridized carbons (Fsp3) is 0.300. The average Bonchev–Trinajstić information content (AvgIpc) is 2.16. The minimum atomic E-state index is 0.318. The number of nitrogen functional groups attached to an aromatic ring is 1. The number of benzene rings is 1. The molecule has 0 heterocycles. The van der Waals surface area contributed by atoms with Gasteiger partial charge in [0.1, 0.15) is 6.07 Å². The van der Waals surface area contributed by atoms with Gasteiger partial charge in [-0.25, -0.2) is 0 Å². The van der Waals surface area contributed by atoms with Gasteiger partial charge in [0.05, 0.1) is 5.56 Å². The zero-order valence-electron chi connectivity index (χ0n) is 7.74. The van der Waals surface area contributed by atoms with Gasteiger partial charge in [-0.3, -0.25) is 0 Å². The molecule has 0 aromatic heterocycles. The van der Waals surface area contributed by atoms with E-state index in [2.05, 4.69) is 13.0 Å². The zero-order valence-corrected chi connectivity index (χ0v) is 8.56. The monoisotopic (exact) mass is 192 g/mol. The van der Waals surface area contributed by atoms with Crippen molar-refractivity contribution in [2.75, 3.05) is 12.0 Å². The molecule has 1 aromatic carbocycles. The quantitative estimate of drug-likeness (QED) is 0.733. The fourth-order valence-corrected chi connectivity index (χ4v) is 1.63. The molecule has 3 heteroatoms. The summed E-state index contributed by atoms with van der Waals surface area (Å²) in [6.07, 6.45) is 2.02. The summed E-state index contributed by atoms with van der Waals surface area (Å²) in [5.74, 6) is 0. The standard InChI is InChI=1S/C10H12N2S/c1-7(13-2)8-4-3-5-10(12)9(8)6-11/h3-5,7H,12H2,1-2H3. The molecule has 0 saturated heterocycles. The highest BCUT2D eigenvalue weighted by molar-refractivity contribution is 7.98. The van der Waals surface area contributed by atoms with Crippen LogP contribution >= 0.6 is 11.8 Å². The smallest absolute Gasteiger partial charge is 0.102 e. The van der Waals surface area contributed by atoms with Crippen LogP contribution < -0.4 is 5.73 Å². The number of nitriles is 1. The molecule has 0 aliphatic rings. The molecule has 68 valence electrons. The van der Waals surface area contributed by atoms with Crippen LogP contribution in [0.2, 0.25) is 0 Å². The minimum absolute atomic E-state index is 0.318. The van der Waals surface area contributed by atoms with Crippen molar-refractivity contribution in [1.29, 1.82) is 5.26 Å². The molecular weight excluding hydrogens is 180 g/mol. The Morgan fingerprint density at radius 3 is 2.77 bits per heavy atom. The average molecular weight is 192 g/mol. The number of hydrogen-bond acceptors (Lipinski definition) is 3. The van der Waals surface area contributed by atoms with Crippen molar-refractivity contribution in [2.45, 2.75) is 12.2 Å². The van der Waals surface area contributed by atoms with Crippen LogP contribution in [0.5, 0.6) is 0 Å². The molecule has 0 saturated carbocycles. The maximum absolute atomic E-state index is 8.90. The highest BCUT2D eigenvalue weighted by Gasteiger charge is 2.10. The first-order valence-electron chi connectivity index (χ1n) is 4.02. The van der Waals surface area contributed by atoms with Gasteiger partial charge in [-0.15, -0.1) is 0 Å². The van der Waals surface area contributed by atoms with Gasteiger partial charge in [0.15, 0.2) is 0 Å². The van der Waals surface area contributed by atoms with E-state index in [4.69, 9.17) is 11.0 Å². The summed E-state index contributed by atoms with van der Waals surface area (Å²) in [7, 11) is 0. The number of hydrogen-bond donors (Lipinski definition) is 1. The maximum Gasteiger partial charge on any atom is 0.102 e. The molecule has 0 fully saturated rings. The van der Waals surface area contributed by atoms with Gasteiger partial charge in [0, 0.05) is 10.9 Å². The van der Waals surface area contributed by atoms with Crippen LogP contribution in [0.25, 0.3) is 0 Å². The molecule has 0 aliphatic carbocycles. The highest BCUT2D eigenvalue weighted by Crippen LogP contribution is 2.30. The topological polar surface area (TPSA) is 49.8 Å². The molecule has 1 rings (SSSR count). The fourth-order valence-electron chi connectivity index (χ4n) is 1.18. The van der Waals surface area contributed by atoms with E-state index in [0.717, 1.165) is 5.56 Å². The van der Waals surface area contributed by atoms with E-state index in [1.807, 2.05) is 18.4 Å². The number of nitrogens with zero attached hydrogens (tertiary/aromatic N) is 1. The van der Waals surface area contributed by atoms with Gasteiger partial charge < -0.3 is 5.73 Å². The third-order valence-electron chi connectivity index (χ3n) is 2.03. The summed E-state index contributed by atoms with van der Waals surface area (Å²) in [5, 5.41) is 9.22. The normalized spacial score (nSPS) is 12.1. The van der Waals surface area contributed by atoms with Crippen molar-refractivity contribution in [3.63, 3.8) is 0 Å². The molecule has 0 aliphatic heterocycles. The van der Waals surface area contributed by atoms with E-state index >= 15 is 0 Å². The molecule has 1 unspecified atom stereocenters. The Morgan fingerprint density at radius 2 is 2.23 bits per heavy atom. The number of rotatable bonds is 2. The van der Waals surface area contributed by atoms with Crippen LogP contribution in [0.3, 0.4) is 0 Å². The summed E-state index contributed by atoms with van der Waals surface area (Å²) in [6, 6.07) is 7.74. The van der Waals surface area contributed by atoms with Crippen molar-refractivity contribution in [3.8, 4) is 6.07 Å². The first-order valence-corrected chi connectivity index (χ1v) is 5.30. The second-order valence-electron chi connectivity index (χ2n) is 2.80. The van der Waals surface area contributed by atoms with Crippen molar-refractivity contribution in [3.05, 3.63) is 29.3 Å². The van der Waals surface area contributed by atoms with E-state index in [9.17, 15) is 0 Å². The largest absolute Gasteiger partial charge is 0.398 e. The van der Waals surface area contributed by atoms with E-state index in [-0.39, 0.29) is 0 Å². The van der Waals surface area contributed by atoms with Gasteiger partial charge in [-0.2, -0.15) is 17.0 Å². The SMILES string of the molecule is CSC(C)c1cccc(N)c1C#N. The van der Waals surface area contributed by atoms with Crippen LogP contribution in [0, 0.1) is 11.3 Å². The summed E-state index contributed by atoms with van der Waals surface area (Å²) >= 11 is 1.71. The van der Waals surface area contributed by atoms with Crippen molar-refractivity contribution < 1.29 is 0 Å². The third-order valence-corrected chi connectivity index (χ3v) is 2.99. The number of nitrogens with two attached hydrogens (primary N) is 1. The van der Waals surface area contributed by atoms with Crippen molar-refractivity contribution >= 4 is 17.4 Å². The zero-order chi connectivity index (χ0) is 9.84. The predicted molar refractivity (Wildman–Crippen MR) is 57.5 cm³/mol. The van der Waals surface area contributed by atoms with Gasteiger partial charge in [-0.05, 0) is 24.8 Å². The lowest BCUT2D eigenvalue weighted by Gasteiger charge is -2.11.